The van der Waals surface area contributed by atoms with Crippen LogP contribution in [-0.4, -0.2) is 15.1 Å². The first kappa shape index (κ1) is 11.5. The Kier molecular flexibility index (Phi) is 4.28. The topological polar surface area (TPSA) is 46.0 Å². The summed E-state index contributed by atoms with van der Waals surface area (Å²) in [6.45, 7) is 0.0161. The molecule has 16 heavy (non-hydrogen) atoms. The van der Waals surface area contributed by atoms with E-state index >= 15 is 0 Å². The van der Waals surface area contributed by atoms with Crippen molar-refractivity contribution in [3.8, 4) is 0 Å². The van der Waals surface area contributed by atoms with Gasteiger partial charge in [-0.2, -0.15) is 0 Å². The summed E-state index contributed by atoms with van der Waals surface area (Å²) in [6, 6.07) is 1.78. The van der Waals surface area contributed by atoms with Gasteiger partial charge in [0.05, 0.1) is 12.3 Å². The maximum absolute atomic E-state index is 9.07. The summed E-state index contributed by atoms with van der Waals surface area (Å²) in [6.07, 6.45) is 10.8. The lowest BCUT2D eigenvalue weighted by Crippen LogP contribution is -2.08. The van der Waals surface area contributed by atoms with Crippen LogP contribution in [0.3, 0.4) is 0 Å². The third-order valence-corrected chi connectivity index (χ3v) is 3.36. The molecule has 0 spiro atoms. The molecule has 0 unspecified atom stereocenters. The number of aliphatic hydroxyl groups is 1. The zero-order valence-electron chi connectivity index (χ0n) is 9.73. The Morgan fingerprint density at radius 2 is 1.81 bits per heavy atom. The molecule has 1 aromatic heterocycles. The van der Waals surface area contributed by atoms with Crippen molar-refractivity contribution in [3.63, 3.8) is 0 Å². The zero-order valence-corrected chi connectivity index (χ0v) is 9.73. The molecule has 0 saturated heterocycles. The molecule has 1 aromatic rings. The van der Waals surface area contributed by atoms with E-state index < -0.39 is 0 Å². The maximum atomic E-state index is 9.07. The fourth-order valence-electron chi connectivity index (χ4n) is 2.41. The van der Waals surface area contributed by atoms with Gasteiger partial charge in [0.2, 0.25) is 0 Å². The van der Waals surface area contributed by atoms with Crippen LogP contribution in [0.5, 0.6) is 0 Å². The first-order chi connectivity index (χ1) is 7.90. The van der Waals surface area contributed by atoms with E-state index in [1.807, 2.05) is 0 Å². The quantitative estimate of drug-likeness (QED) is 0.833. The average Bonchev–Trinajstić information content (AvgIpc) is 2.29. The molecular weight excluding hydrogens is 200 g/mol. The highest BCUT2D eigenvalue weighted by Crippen LogP contribution is 2.28. The second-order valence-corrected chi connectivity index (χ2v) is 4.61. The first-order valence-corrected chi connectivity index (χ1v) is 6.33. The Hall–Kier alpha value is -0.960. The number of hydrogen-bond acceptors (Lipinski definition) is 3. The van der Waals surface area contributed by atoms with E-state index in [9.17, 15) is 0 Å². The van der Waals surface area contributed by atoms with Crippen molar-refractivity contribution in [2.24, 2.45) is 0 Å². The van der Waals surface area contributed by atoms with E-state index in [0.29, 0.717) is 5.92 Å². The zero-order chi connectivity index (χ0) is 11.2. The van der Waals surface area contributed by atoms with Crippen molar-refractivity contribution in [3.05, 3.63) is 23.8 Å². The van der Waals surface area contributed by atoms with E-state index in [-0.39, 0.29) is 6.61 Å². The fourth-order valence-corrected chi connectivity index (χ4v) is 2.41. The molecule has 1 aliphatic rings. The van der Waals surface area contributed by atoms with Gasteiger partial charge >= 0.3 is 0 Å². The standard InChI is InChI=1S/C13H20N2O/c16-10-12-8-9-14-13(15-12)11-6-4-2-1-3-5-7-11/h8-9,11,16H,1-7,10H2. The Balaban J connectivity index is 2.07. The van der Waals surface area contributed by atoms with Gasteiger partial charge in [-0.15, -0.1) is 0 Å². The van der Waals surface area contributed by atoms with Crippen molar-refractivity contribution >= 4 is 0 Å². The van der Waals surface area contributed by atoms with Gasteiger partial charge in [-0.25, -0.2) is 9.97 Å². The smallest absolute Gasteiger partial charge is 0.131 e. The number of nitrogens with zero attached hydrogens (tertiary/aromatic N) is 2. The number of aromatic nitrogens is 2. The molecule has 1 aliphatic carbocycles. The SMILES string of the molecule is OCc1ccnc(C2CCCCCCC2)n1. The molecule has 3 heteroatoms. The van der Waals surface area contributed by atoms with Crippen LogP contribution in [0, 0.1) is 0 Å². The highest BCUT2D eigenvalue weighted by atomic mass is 16.3. The molecule has 1 saturated carbocycles. The van der Waals surface area contributed by atoms with Crippen LogP contribution in [0.2, 0.25) is 0 Å². The molecule has 1 fully saturated rings. The summed E-state index contributed by atoms with van der Waals surface area (Å²) >= 11 is 0. The Morgan fingerprint density at radius 3 is 2.50 bits per heavy atom. The highest BCUT2D eigenvalue weighted by Gasteiger charge is 2.16. The summed E-state index contributed by atoms with van der Waals surface area (Å²) in [7, 11) is 0. The first-order valence-electron chi connectivity index (χ1n) is 6.33. The minimum Gasteiger partial charge on any atom is -0.390 e. The second kappa shape index (κ2) is 5.94. The molecular formula is C13H20N2O. The van der Waals surface area contributed by atoms with Crippen molar-refractivity contribution in [1.29, 1.82) is 0 Å². The highest BCUT2D eigenvalue weighted by molar-refractivity contribution is 5.05. The minimum absolute atomic E-state index is 0.0161. The van der Waals surface area contributed by atoms with Gasteiger partial charge in [-0.05, 0) is 18.9 Å². The van der Waals surface area contributed by atoms with Crippen molar-refractivity contribution in [2.75, 3.05) is 0 Å². The van der Waals surface area contributed by atoms with Crippen LogP contribution in [-0.2, 0) is 6.61 Å². The lowest BCUT2D eigenvalue weighted by molar-refractivity contribution is 0.275. The van der Waals surface area contributed by atoms with E-state index in [1.54, 1.807) is 12.3 Å². The molecule has 3 nitrogen and oxygen atoms in total. The fraction of sp³-hybridized carbons (Fsp3) is 0.692. The largest absolute Gasteiger partial charge is 0.390 e. The molecule has 88 valence electrons. The van der Waals surface area contributed by atoms with Gasteiger partial charge in [0.25, 0.3) is 0 Å². The minimum atomic E-state index is 0.0161. The summed E-state index contributed by atoms with van der Waals surface area (Å²) in [4.78, 5) is 8.79. The van der Waals surface area contributed by atoms with Gasteiger partial charge in [-0.1, -0.05) is 32.1 Å². The predicted molar refractivity (Wildman–Crippen MR) is 63.0 cm³/mol. The van der Waals surface area contributed by atoms with Gasteiger partial charge in [-0.3, -0.25) is 0 Å². The van der Waals surface area contributed by atoms with Crippen molar-refractivity contribution < 1.29 is 5.11 Å². The molecule has 1 heterocycles. The van der Waals surface area contributed by atoms with E-state index in [2.05, 4.69) is 9.97 Å². The molecule has 2 rings (SSSR count). The lowest BCUT2D eigenvalue weighted by Gasteiger charge is -2.18. The second-order valence-electron chi connectivity index (χ2n) is 4.61. The summed E-state index contributed by atoms with van der Waals surface area (Å²) < 4.78 is 0. The average molecular weight is 220 g/mol. The molecule has 0 amide bonds. The normalized spacial score (nSPS) is 19.1. The molecule has 0 bridgehead atoms. The Bertz CT molecular complexity index is 319. The number of aliphatic hydroxyl groups excluding tert-OH is 1. The van der Waals surface area contributed by atoms with E-state index in [0.717, 1.165) is 11.5 Å². The monoisotopic (exact) mass is 220 g/mol. The van der Waals surface area contributed by atoms with Crippen LogP contribution >= 0.6 is 0 Å². The van der Waals surface area contributed by atoms with Gasteiger partial charge < -0.3 is 5.11 Å². The van der Waals surface area contributed by atoms with E-state index in [4.69, 9.17) is 5.11 Å². The van der Waals surface area contributed by atoms with Gasteiger partial charge in [0.1, 0.15) is 5.82 Å². The van der Waals surface area contributed by atoms with Gasteiger partial charge in [0.15, 0.2) is 0 Å². The lowest BCUT2D eigenvalue weighted by atomic mass is 9.90. The van der Waals surface area contributed by atoms with E-state index in [1.165, 1.54) is 44.9 Å². The Morgan fingerprint density at radius 1 is 1.12 bits per heavy atom. The molecule has 0 aliphatic heterocycles. The Labute approximate surface area is 96.9 Å². The molecule has 1 N–H and O–H groups in total. The van der Waals surface area contributed by atoms with Crippen LogP contribution < -0.4 is 0 Å². The van der Waals surface area contributed by atoms with Crippen LogP contribution in [0.25, 0.3) is 0 Å². The summed E-state index contributed by atoms with van der Waals surface area (Å²) in [5.41, 5.74) is 0.743. The van der Waals surface area contributed by atoms with Gasteiger partial charge in [0, 0.05) is 12.1 Å². The predicted octanol–water partition coefficient (Wildman–Crippen LogP) is 2.80. The van der Waals surface area contributed by atoms with Crippen molar-refractivity contribution in [2.45, 2.75) is 57.5 Å². The maximum Gasteiger partial charge on any atom is 0.131 e. The van der Waals surface area contributed by atoms with Crippen molar-refractivity contribution in [1.82, 2.24) is 9.97 Å². The van der Waals surface area contributed by atoms with Crippen LogP contribution in [0.1, 0.15) is 62.4 Å². The van der Waals surface area contributed by atoms with Crippen LogP contribution in [0.15, 0.2) is 12.3 Å². The third-order valence-electron chi connectivity index (χ3n) is 3.36. The number of hydrogen-bond donors (Lipinski definition) is 1. The molecule has 0 atom stereocenters. The third kappa shape index (κ3) is 3.01. The summed E-state index contributed by atoms with van der Waals surface area (Å²) in [5.74, 6) is 1.44. The molecule has 0 aromatic carbocycles. The molecule has 0 radical (unpaired) electrons. The summed E-state index contributed by atoms with van der Waals surface area (Å²) in [5, 5.41) is 9.07. The van der Waals surface area contributed by atoms with Crippen LogP contribution in [0.4, 0.5) is 0 Å². The number of rotatable bonds is 2.